The second-order valence-corrected chi connectivity index (χ2v) is 6.66. The molecule has 1 aliphatic rings. The molecule has 1 aromatic heterocycles. The molecule has 4 nitrogen and oxygen atoms in total. The first-order chi connectivity index (χ1) is 12.3. The average molecular weight is 363 g/mol. The normalized spacial score (nSPS) is 17.8. The molecule has 0 radical (unpaired) electrons. The standard InChI is InChI=1S/C19H20F3N3O/c1-24(2)16-8-10-25(12-16)18(26)14-5-3-13(4-6-14)17-11-15(7-9-23-17)19(20,21)22/h3-7,9,11,16H,8,10,12H2,1-2H3. The fraction of sp³-hybridized carbons (Fsp3) is 0.368. The van der Waals surface area contributed by atoms with Gasteiger partial charge in [-0.25, -0.2) is 0 Å². The van der Waals surface area contributed by atoms with Crippen LogP contribution in [-0.4, -0.2) is 53.9 Å². The molecule has 1 amide bonds. The van der Waals surface area contributed by atoms with E-state index in [4.69, 9.17) is 0 Å². The van der Waals surface area contributed by atoms with E-state index in [1.807, 2.05) is 19.0 Å². The Morgan fingerprint density at radius 3 is 2.46 bits per heavy atom. The van der Waals surface area contributed by atoms with Crippen LogP contribution in [0.4, 0.5) is 13.2 Å². The van der Waals surface area contributed by atoms with Gasteiger partial charge in [0.1, 0.15) is 0 Å². The molecular weight excluding hydrogens is 343 g/mol. The number of halogens is 3. The number of likely N-dealkylation sites (tertiary alicyclic amines) is 1. The number of benzene rings is 1. The average Bonchev–Trinajstić information content (AvgIpc) is 3.11. The quantitative estimate of drug-likeness (QED) is 0.837. The van der Waals surface area contributed by atoms with Gasteiger partial charge < -0.3 is 9.80 Å². The molecule has 1 fully saturated rings. The van der Waals surface area contributed by atoms with Crippen molar-refractivity contribution in [3.8, 4) is 11.3 Å². The van der Waals surface area contributed by atoms with Crippen LogP contribution in [0.2, 0.25) is 0 Å². The third kappa shape index (κ3) is 3.88. The van der Waals surface area contributed by atoms with Crippen LogP contribution < -0.4 is 0 Å². The van der Waals surface area contributed by atoms with Crippen molar-refractivity contribution in [2.75, 3.05) is 27.2 Å². The molecule has 1 aromatic carbocycles. The molecule has 1 saturated heterocycles. The SMILES string of the molecule is CN(C)C1CCN(C(=O)c2ccc(-c3cc(C(F)(F)F)ccn3)cc2)C1. The number of aromatic nitrogens is 1. The number of alkyl halides is 3. The van der Waals surface area contributed by atoms with Crippen LogP contribution in [0, 0.1) is 0 Å². The molecule has 0 bridgehead atoms. The third-order valence-corrected chi connectivity index (χ3v) is 4.70. The first-order valence-electron chi connectivity index (χ1n) is 8.35. The van der Waals surface area contributed by atoms with Crippen LogP contribution in [0.25, 0.3) is 11.3 Å². The Bertz CT molecular complexity index is 787. The maximum absolute atomic E-state index is 12.8. The van der Waals surface area contributed by atoms with Crippen LogP contribution in [0.15, 0.2) is 42.6 Å². The summed E-state index contributed by atoms with van der Waals surface area (Å²) in [6.07, 6.45) is -2.33. The molecule has 2 aromatic rings. The second-order valence-electron chi connectivity index (χ2n) is 6.66. The van der Waals surface area contributed by atoms with Crippen molar-refractivity contribution in [1.82, 2.24) is 14.8 Å². The molecule has 1 atom stereocenters. The van der Waals surface area contributed by atoms with Crippen LogP contribution in [0.5, 0.6) is 0 Å². The van der Waals surface area contributed by atoms with Crippen LogP contribution in [0.1, 0.15) is 22.3 Å². The summed E-state index contributed by atoms with van der Waals surface area (Å²) in [5.41, 5.74) is 0.558. The minimum atomic E-state index is -4.41. The Kier molecular flexibility index (Phi) is 5.00. The van der Waals surface area contributed by atoms with Gasteiger partial charge in [-0.1, -0.05) is 12.1 Å². The van der Waals surface area contributed by atoms with E-state index in [2.05, 4.69) is 9.88 Å². The first kappa shape index (κ1) is 18.4. The minimum absolute atomic E-state index is 0.0575. The van der Waals surface area contributed by atoms with Gasteiger partial charge in [0.2, 0.25) is 0 Å². The summed E-state index contributed by atoms with van der Waals surface area (Å²) >= 11 is 0. The molecule has 0 aliphatic carbocycles. The molecule has 1 unspecified atom stereocenters. The number of rotatable bonds is 3. The molecule has 7 heteroatoms. The molecule has 138 valence electrons. The maximum Gasteiger partial charge on any atom is 0.416 e. The Morgan fingerprint density at radius 2 is 1.88 bits per heavy atom. The molecule has 3 rings (SSSR count). The number of nitrogens with zero attached hydrogens (tertiary/aromatic N) is 3. The van der Waals surface area contributed by atoms with Gasteiger partial charge in [-0.15, -0.1) is 0 Å². The van der Waals surface area contributed by atoms with Gasteiger partial charge in [-0.3, -0.25) is 9.78 Å². The van der Waals surface area contributed by atoms with Crippen LogP contribution in [-0.2, 0) is 6.18 Å². The minimum Gasteiger partial charge on any atom is -0.337 e. The van der Waals surface area contributed by atoms with E-state index >= 15 is 0 Å². The predicted molar refractivity (Wildman–Crippen MR) is 92.7 cm³/mol. The van der Waals surface area contributed by atoms with E-state index in [0.717, 1.165) is 24.8 Å². The van der Waals surface area contributed by atoms with Crippen LogP contribution in [0.3, 0.4) is 0 Å². The first-order valence-corrected chi connectivity index (χ1v) is 8.35. The van der Waals surface area contributed by atoms with Gasteiger partial charge in [-0.2, -0.15) is 13.2 Å². The number of hydrogen-bond acceptors (Lipinski definition) is 3. The van der Waals surface area contributed by atoms with Crippen molar-refractivity contribution in [2.24, 2.45) is 0 Å². The van der Waals surface area contributed by atoms with Crippen molar-refractivity contribution >= 4 is 5.91 Å². The topological polar surface area (TPSA) is 36.4 Å². The molecule has 2 heterocycles. The van der Waals surface area contributed by atoms with E-state index in [1.165, 1.54) is 0 Å². The lowest BCUT2D eigenvalue weighted by atomic mass is 10.1. The summed E-state index contributed by atoms with van der Waals surface area (Å²) in [5.74, 6) is -0.0575. The van der Waals surface area contributed by atoms with Crippen molar-refractivity contribution in [3.05, 3.63) is 53.7 Å². The van der Waals surface area contributed by atoms with Crippen molar-refractivity contribution in [3.63, 3.8) is 0 Å². The lowest BCUT2D eigenvalue weighted by molar-refractivity contribution is -0.137. The summed E-state index contributed by atoms with van der Waals surface area (Å²) in [4.78, 5) is 20.5. The summed E-state index contributed by atoms with van der Waals surface area (Å²) in [6.45, 7) is 1.39. The zero-order valence-corrected chi connectivity index (χ0v) is 14.6. The largest absolute Gasteiger partial charge is 0.416 e. The van der Waals surface area contributed by atoms with E-state index in [9.17, 15) is 18.0 Å². The van der Waals surface area contributed by atoms with Crippen molar-refractivity contribution in [2.45, 2.75) is 18.6 Å². The highest BCUT2D eigenvalue weighted by Gasteiger charge is 2.31. The summed E-state index contributed by atoms with van der Waals surface area (Å²) in [7, 11) is 3.99. The van der Waals surface area contributed by atoms with E-state index in [0.29, 0.717) is 30.3 Å². The zero-order valence-electron chi connectivity index (χ0n) is 14.6. The highest BCUT2D eigenvalue weighted by Crippen LogP contribution is 2.31. The maximum atomic E-state index is 12.8. The van der Waals surface area contributed by atoms with Gasteiger partial charge in [0.15, 0.2) is 0 Å². The molecule has 0 saturated carbocycles. The number of amides is 1. The number of carbonyl (C=O) groups excluding carboxylic acids is 1. The monoisotopic (exact) mass is 363 g/mol. The Labute approximate surface area is 150 Å². The second kappa shape index (κ2) is 7.07. The lowest BCUT2D eigenvalue weighted by Crippen LogP contribution is -2.34. The highest BCUT2D eigenvalue weighted by atomic mass is 19.4. The Hall–Kier alpha value is -2.41. The van der Waals surface area contributed by atoms with Crippen LogP contribution >= 0.6 is 0 Å². The fourth-order valence-electron chi connectivity index (χ4n) is 3.08. The van der Waals surface area contributed by atoms with Gasteiger partial charge in [0.25, 0.3) is 5.91 Å². The molecule has 0 spiro atoms. The smallest absolute Gasteiger partial charge is 0.337 e. The van der Waals surface area contributed by atoms with Gasteiger partial charge in [0.05, 0.1) is 11.3 Å². The predicted octanol–water partition coefficient (Wildman–Crippen LogP) is 3.54. The lowest BCUT2D eigenvalue weighted by Gasteiger charge is -2.20. The van der Waals surface area contributed by atoms with Gasteiger partial charge in [0, 0.05) is 36.5 Å². The molecule has 1 aliphatic heterocycles. The summed E-state index contributed by atoms with van der Waals surface area (Å²) in [5, 5.41) is 0. The Balaban J connectivity index is 1.76. The van der Waals surface area contributed by atoms with E-state index in [-0.39, 0.29) is 11.6 Å². The number of hydrogen-bond donors (Lipinski definition) is 0. The Morgan fingerprint density at radius 1 is 1.19 bits per heavy atom. The fourth-order valence-corrected chi connectivity index (χ4v) is 3.08. The zero-order chi connectivity index (χ0) is 18.9. The van der Waals surface area contributed by atoms with Gasteiger partial charge >= 0.3 is 6.18 Å². The molecule has 0 N–H and O–H groups in total. The third-order valence-electron chi connectivity index (χ3n) is 4.70. The van der Waals surface area contributed by atoms with Crippen molar-refractivity contribution in [1.29, 1.82) is 0 Å². The molecular formula is C19H20F3N3O. The van der Waals surface area contributed by atoms with Crippen molar-refractivity contribution < 1.29 is 18.0 Å². The summed E-state index contributed by atoms with van der Waals surface area (Å²) in [6, 6.07) is 8.86. The highest BCUT2D eigenvalue weighted by molar-refractivity contribution is 5.94. The van der Waals surface area contributed by atoms with E-state index in [1.54, 1.807) is 24.3 Å². The number of carbonyl (C=O) groups is 1. The van der Waals surface area contributed by atoms with E-state index < -0.39 is 11.7 Å². The molecule has 26 heavy (non-hydrogen) atoms. The number of likely N-dealkylation sites (N-methyl/N-ethyl adjacent to an activating group) is 1. The summed E-state index contributed by atoms with van der Waals surface area (Å²) < 4.78 is 38.5. The van der Waals surface area contributed by atoms with Gasteiger partial charge in [-0.05, 0) is 44.8 Å². The number of pyridine rings is 1.